The van der Waals surface area contributed by atoms with E-state index in [9.17, 15) is 0 Å². The van der Waals surface area contributed by atoms with Crippen LogP contribution in [0.25, 0.3) is 0 Å². The zero-order valence-electron chi connectivity index (χ0n) is 10.6. The first-order valence-corrected chi connectivity index (χ1v) is 7.07. The molecule has 0 saturated carbocycles. The number of thiazole rings is 1. The van der Waals surface area contributed by atoms with E-state index in [2.05, 4.69) is 9.88 Å². The molecule has 3 N–H and O–H groups in total. The molecule has 19 heavy (non-hydrogen) atoms. The lowest BCUT2D eigenvalue weighted by atomic mass is 10.1. The van der Waals surface area contributed by atoms with Crippen LogP contribution in [-0.2, 0) is 13.1 Å². The first-order valence-electron chi connectivity index (χ1n) is 5.74. The number of nitrogens with zero attached hydrogens (tertiary/aromatic N) is 2. The molecule has 0 bridgehead atoms. The van der Waals surface area contributed by atoms with Crippen LogP contribution in [0.3, 0.4) is 0 Å². The van der Waals surface area contributed by atoms with Crippen LogP contribution in [0.15, 0.2) is 29.1 Å². The minimum Gasteiger partial charge on any atom is -0.384 e. The zero-order chi connectivity index (χ0) is 13.8. The number of amidine groups is 1. The molecule has 0 atom stereocenters. The number of benzene rings is 1. The van der Waals surface area contributed by atoms with Gasteiger partial charge in [-0.25, -0.2) is 4.98 Å². The minimum absolute atomic E-state index is 0.0317. The predicted molar refractivity (Wildman–Crippen MR) is 79.8 cm³/mol. The Bertz CT molecular complexity index is 568. The third-order valence-corrected chi connectivity index (χ3v) is 3.71. The molecule has 2 rings (SSSR count). The molecule has 6 heteroatoms. The second kappa shape index (κ2) is 6.14. The Morgan fingerprint density at radius 3 is 2.84 bits per heavy atom. The number of halogens is 1. The average molecular weight is 295 g/mol. The second-order valence-corrected chi connectivity index (χ2v) is 5.50. The van der Waals surface area contributed by atoms with Crippen LogP contribution in [0.5, 0.6) is 0 Å². The van der Waals surface area contributed by atoms with Crippen molar-refractivity contribution in [3.63, 3.8) is 0 Å². The van der Waals surface area contributed by atoms with Crippen molar-refractivity contribution in [2.45, 2.75) is 13.1 Å². The topological polar surface area (TPSA) is 66.0 Å². The monoisotopic (exact) mass is 294 g/mol. The highest BCUT2D eigenvalue weighted by Crippen LogP contribution is 2.20. The van der Waals surface area contributed by atoms with Crippen molar-refractivity contribution in [3.8, 4) is 0 Å². The number of hydrogen-bond donors (Lipinski definition) is 2. The highest BCUT2D eigenvalue weighted by Gasteiger charge is 2.08. The molecule has 0 amide bonds. The van der Waals surface area contributed by atoms with E-state index >= 15 is 0 Å². The summed E-state index contributed by atoms with van der Waals surface area (Å²) in [6.45, 7) is 1.52. The van der Waals surface area contributed by atoms with Gasteiger partial charge in [0.15, 0.2) is 0 Å². The molecule has 0 spiro atoms. The van der Waals surface area contributed by atoms with Gasteiger partial charge in [-0.05, 0) is 18.7 Å². The molecule has 1 heterocycles. The molecule has 1 aromatic heterocycles. The summed E-state index contributed by atoms with van der Waals surface area (Å²) >= 11 is 7.80. The predicted octanol–water partition coefficient (Wildman–Crippen LogP) is 2.71. The molecule has 0 saturated heterocycles. The van der Waals surface area contributed by atoms with Gasteiger partial charge in [0.05, 0.1) is 11.2 Å². The van der Waals surface area contributed by atoms with E-state index < -0.39 is 0 Å². The number of rotatable bonds is 5. The lowest BCUT2D eigenvalue weighted by Crippen LogP contribution is -2.18. The van der Waals surface area contributed by atoms with Gasteiger partial charge in [-0.3, -0.25) is 10.3 Å². The van der Waals surface area contributed by atoms with E-state index in [0.717, 1.165) is 24.3 Å². The Morgan fingerprint density at radius 2 is 2.26 bits per heavy atom. The summed E-state index contributed by atoms with van der Waals surface area (Å²) in [5.74, 6) is 0.0317. The molecule has 0 aliphatic rings. The smallest absolute Gasteiger partial charge is 0.122 e. The van der Waals surface area contributed by atoms with Crippen LogP contribution in [-0.4, -0.2) is 22.8 Å². The van der Waals surface area contributed by atoms with Crippen molar-refractivity contribution < 1.29 is 0 Å². The number of nitrogens with one attached hydrogen (secondary N) is 1. The summed E-state index contributed by atoms with van der Waals surface area (Å²) in [4.78, 5) is 6.40. The summed E-state index contributed by atoms with van der Waals surface area (Å²) in [5, 5.41) is 10.1. The van der Waals surface area contributed by atoms with Gasteiger partial charge < -0.3 is 5.73 Å². The lowest BCUT2D eigenvalue weighted by molar-refractivity contribution is 0.316. The van der Waals surface area contributed by atoms with Gasteiger partial charge in [0.1, 0.15) is 5.84 Å². The molecule has 100 valence electrons. The summed E-state index contributed by atoms with van der Waals surface area (Å²) in [6.07, 6.45) is 0. The largest absolute Gasteiger partial charge is 0.384 e. The van der Waals surface area contributed by atoms with E-state index in [1.807, 2.05) is 30.1 Å². The number of nitrogens with two attached hydrogens (primary N) is 1. The molecule has 2 aromatic rings. The molecule has 1 aromatic carbocycles. The fourth-order valence-electron chi connectivity index (χ4n) is 1.78. The minimum atomic E-state index is 0.0317. The summed E-state index contributed by atoms with van der Waals surface area (Å²) < 4.78 is 0. The van der Waals surface area contributed by atoms with Crippen LogP contribution in [0.1, 0.15) is 16.8 Å². The summed E-state index contributed by atoms with van der Waals surface area (Å²) in [7, 11) is 2.02. The number of nitrogen functional groups attached to an aromatic ring is 1. The maximum atomic E-state index is 7.38. The van der Waals surface area contributed by atoms with Crippen molar-refractivity contribution in [2.75, 3.05) is 7.05 Å². The Labute approximate surface area is 121 Å². The van der Waals surface area contributed by atoms with E-state index in [-0.39, 0.29) is 5.84 Å². The molecule has 0 unspecified atom stereocenters. The zero-order valence-corrected chi connectivity index (χ0v) is 12.1. The quantitative estimate of drug-likeness (QED) is 0.658. The average Bonchev–Trinajstić information content (AvgIpc) is 2.84. The first kappa shape index (κ1) is 14.0. The van der Waals surface area contributed by atoms with Crippen molar-refractivity contribution in [2.24, 2.45) is 5.73 Å². The Balaban J connectivity index is 2.04. The molecule has 0 radical (unpaired) electrons. The van der Waals surface area contributed by atoms with Gasteiger partial charge in [-0.1, -0.05) is 23.7 Å². The van der Waals surface area contributed by atoms with Crippen molar-refractivity contribution >= 4 is 28.8 Å². The van der Waals surface area contributed by atoms with Gasteiger partial charge >= 0.3 is 0 Å². The van der Waals surface area contributed by atoms with Crippen molar-refractivity contribution in [1.82, 2.24) is 9.88 Å². The first-order chi connectivity index (χ1) is 9.06. The van der Waals surface area contributed by atoms with Crippen LogP contribution in [0.4, 0.5) is 0 Å². The molecular weight excluding hydrogens is 280 g/mol. The van der Waals surface area contributed by atoms with E-state index in [1.54, 1.807) is 17.4 Å². The van der Waals surface area contributed by atoms with Crippen molar-refractivity contribution in [1.29, 1.82) is 5.41 Å². The standard InChI is InChI=1S/C13H15ClN4S/c1-18(6-11-7-19-8-17-11)5-10-3-2-9(13(15)16)4-12(10)14/h2-4,7-8H,5-6H2,1H3,(H3,15,16). The van der Waals surface area contributed by atoms with Crippen LogP contribution < -0.4 is 5.73 Å². The number of aromatic nitrogens is 1. The SMILES string of the molecule is CN(Cc1cscn1)Cc1ccc(C(=N)N)cc1Cl. The summed E-state index contributed by atoms with van der Waals surface area (Å²) in [5.41, 5.74) is 9.99. The van der Waals surface area contributed by atoms with Gasteiger partial charge in [0.25, 0.3) is 0 Å². The Morgan fingerprint density at radius 1 is 1.47 bits per heavy atom. The maximum absolute atomic E-state index is 7.38. The molecule has 4 nitrogen and oxygen atoms in total. The van der Waals surface area contributed by atoms with Crippen LogP contribution in [0.2, 0.25) is 5.02 Å². The highest BCUT2D eigenvalue weighted by molar-refractivity contribution is 7.07. The molecule has 0 fully saturated rings. The Hall–Kier alpha value is -1.43. The van der Waals surface area contributed by atoms with E-state index in [1.165, 1.54) is 0 Å². The molecular formula is C13H15ClN4S. The number of hydrogen-bond acceptors (Lipinski definition) is 4. The Kier molecular flexibility index (Phi) is 4.52. The van der Waals surface area contributed by atoms with Gasteiger partial charge in [-0.15, -0.1) is 11.3 Å². The second-order valence-electron chi connectivity index (χ2n) is 4.37. The van der Waals surface area contributed by atoms with Gasteiger partial charge in [0.2, 0.25) is 0 Å². The third kappa shape index (κ3) is 3.76. The fourth-order valence-corrected chi connectivity index (χ4v) is 2.57. The van der Waals surface area contributed by atoms with Crippen LogP contribution >= 0.6 is 22.9 Å². The highest BCUT2D eigenvalue weighted by atomic mass is 35.5. The van der Waals surface area contributed by atoms with Gasteiger partial charge in [-0.2, -0.15) is 0 Å². The normalized spacial score (nSPS) is 10.9. The van der Waals surface area contributed by atoms with Crippen molar-refractivity contribution in [3.05, 3.63) is 50.9 Å². The molecule has 0 aliphatic heterocycles. The maximum Gasteiger partial charge on any atom is 0.122 e. The fraction of sp³-hybridized carbons (Fsp3) is 0.231. The summed E-state index contributed by atoms with van der Waals surface area (Å²) in [6, 6.07) is 5.47. The van der Waals surface area contributed by atoms with E-state index in [0.29, 0.717) is 10.6 Å². The lowest BCUT2D eigenvalue weighted by Gasteiger charge is -2.16. The molecule has 0 aliphatic carbocycles. The third-order valence-electron chi connectivity index (χ3n) is 2.72. The van der Waals surface area contributed by atoms with Gasteiger partial charge in [0, 0.05) is 29.1 Å². The van der Waals surface area contributed by atoms with Crippen LogP contribution in [0, 0.1) is 5.41 Å². The van der Waals surface area contributed by atoms with E-state index in [4.69, 9.17) is 22.7 Å².